The Kier molecular flexibility index (Phi) is 3.78. The Balaban J connectivity index is 1.79. The van der Waals surface area contributed by atoms with Crippen LogP contribution in [0.1, 0.15) is 5.56 Å². The lowest BCUT2D eigenvalue weighted by Crippen LogP contribution is -2.36. The van der Waals surface area contributed by atoms with Crippen molar-refractivity contribution >= 4 is 5.82 Å². The van der Waals surface area contributed by atoms with E-state index < -0.39 is 0 Å². The van der Waals surface area contributed by atoms with Gasteiger partial charge in [0, 0.05) is 19.2 Å². The molecule has 0 N–H and O–H groups in total. The number of morpholine rings is 1. The second-order valence-corrected chi connectivity index (χ2v) is 4.68. The molecule has 0 aliphatic carbocycles. The maximum absolute atomic E-state index is 5.83. The molecule has 1 aliphatic heterocycles. The molecule has 1 fully saturated rings. The fourth-order valence-electron chi connectivity index (χ4n) is 2.13. The van der Waals surface area contributed by atoms with Gasteiger partial charge in [-0.1, -0.05) is 18.2 Å². The highest BCUT2D eigenvalue weighted by Gasteiger charge is 2.13. The van der Waals surface area contributed by atoms with Gasteiger partial charge in [0.25, 0.3) is 0 Å². The third-order valence-electron chi connectivity index (χ3n) is 3.27. The van der Waals surface area contributed by atoms with Gasteiger partial charge in [-0.3, -0.25) is 0 Å². The number of rotatable bonds is 3. The first kappa shape index (κ1) is 12.9. The average molecular weight is 271 g/mol. The Morgan fingerprint density at radius 1 is 1.15 bits per heavy atom. The summed E-state index contributed by atoms with van der Waals surface area (Å²) in [5, 5.41) is 0. The van der Waals surface area contributed by atoms with E-state index in [1.54, 1.807) is 6.33 Å². The SMILES string of the molecule is Cc1ccccc1Oc1cc(N2CCOCC2)ncn1. The summed E-state index contributed by atoms with van der Waals surface area (Å²) in [5.41, 5.74) is 1.08. The van der Waals surface area contributed by atoms with Gasteiger partial charge in [-0.05, 0) is 18.6 Å². The van der Waals surface area contributed by atoms with Crippen molar-refractivity contribution in [1.82, 2.24) is 9.97 Å². The van der Waals surface area contributed by atoms with Crippen molar-refractivity contribution in [3.63, 3.8) is 0 Å². The van der Waals surface area contributed by atoms with Crippen LogP contribution in [0.5, 0.6) is 11.6 Å². The number of para-hydroxylation sites is 1. The molecule has 2 heterocycles. The molecule has 1 aromatic heterocycles. The average Bonchev–Trinajstić information content (AvgIpc) is 2.51. The number of aromatic nitrogens is 2. The number of benzene rings is 1. The minimum absolute atomic E-state index is 0.566. The summed E-state index contributed by atoms with van der Waals surface area (Å²) in [4.78, 5) is 10.7. The minimum atomic E-state index is 0.566. The van der Waals surface area contributed by atoms with Crippen molar-refractivity contribution in [1.29, 1.82) is 0 Å². The molecule has 0 bridgehead atoms. The zero-order valence-electron chi connectivity index (χ0n) is 11.5. The topological polar surface area (TPSA) is 47.5 Å². The van der Waals surface area contributed by atoms with Crippen LogP contribution >= 0.6 is 0 Å². The molecule has 0 radical (unpaired) electrons. The largest absolute Gasteiger partial charge is 0.439 e. The number of anilines is 1. The third kappa shape index (κ3) is 2.88. The van der Waals surface area contributed by atoms with Gasteiger partial charge in [0.2, 0.25) is 5.88 Å². The van der Waals surface area contributed by atoms with E-state index in [9.17, 15) is 0 Å². The highest BCUT2D eigenvalue weighted by Crippen LogP contribution is 2.25. The molecule has 104 valence electrons. The molecule has 0 atom stereocenters. The first-order chi connectivity index (χ1) is 9.83. The van der Waals surface area contributed by atoms with Crippen LogP contribution in [0.2, 0.25) is 0 Å². The summed E-state index contributed by atoms with van der Waals surface area (Å²) in [7, 11) is 0. The van der Waals surface area contributed by atoms with E-state index in [1.807, 2.05) is 37.3 Å². The molecule has 1 aliphatic rings. The molecule has 5 nitrogen and oxygen atoms in total. The van der Waals surface area contributed by atoms with Crippen LogP contribution in [0.15, 0.2) is 36.7 Å². The Morgan fingerprint density at radius 2 is 1.95 bits per heavy atom. The Bertz CT molecular complexity index is 583. The van der Waals surface area contributed by atoms with Crippen LogP contribution in [0.3, 0.4) is 0 Å². The molecule has 0 saturated carbocycles. The monoisotopic (exact) mass is 271 g/mol. The van der Waals surface area contributed by atoms with E-state index in [0.717, 1.165) is 43.4 Å². The minimum Gasteiger partial charge on any atom is -0.439 e. The quantitative estimate of drug-likeness (QED) is 0.858. The summed E-state index contributed by atoms with van der Waals surface area (Å²) < 4.78 is 11.2. The van der Waals surface area contributed by atoms with E-state index in [2.05, 4.69) is 14.9 Å². The van der Waals surface area contributed by atoms with E-state index in [0.29, 0.717) is 5.88 Å². The van der Waals surface area contributed by atoms with Gasteiger partial charge in [0.15, 0.2) is 0 Å². The van der Waals surface area contributed by atoms with Crippen molar-refractivity contribution in [3.05, 3.63) is 42.2 Å². The number of ether oxygens (including phenoxy) is 2. The Morgan fingerprint density at radius 3 is 2.75 bits per heavy atom. The van der Waals surface area contributed by atoms with Crippen molar-refractivity contribution in [3.8, 4) is 11.6 Å². The van der Waals surface area contributed by atoms with Gasteiger partial charge < -0.3 is 14.4 Å². The van der Waals surface area contributed by atoms with Crippen LogP contribution in [0.4, 0.5) is 5.82 Å². The molecular formula is C15H17N3O2. The third-order valence-corrected chi connectivity index (χ3v) is 3.27. The second-order valence-electron chi connectivity index (χ2n) is 4.68. The fraction of sp³-hybridized carbons (Fsp3) is 0.333. The Hall–Kier alpha value is -2.14. The van der Waals surface area contributed by atoms with E-state index in [-0.39, 0.29) is 0 Å². The van der Waals surface area contributed by atoms with Crippen molar-refractivity contribution in [2.24, 2.45) is 0 Å². The molecular weight excluding hydrogens is 254 g/mol. The van der Waals surface area contributed by atoms with Gasteiger partial charge >= 0.3 is 0 Å². The maximum atomic E-state index is 5.83. The van der Waals surface area contributed by atoms with Crippen molar-refractivity contribution < 1.29 is 9.47 Å². The van der Waals surface area contributed by atoms with Gasteiger partial charge in [-0.25, -0.2) is 9.97 Å². The zero-order valence-corrected chi connectivity index (χ0v) is 11.5. The number of hydrogen-bond donors (Lipinski definition) is 0. The van der Waals surface area contributed by atoms with Crippen LogP contribution in [0, 0.1) is 6.92 Å². The summed E-state index contributed by atoms with van der Waals surface area (Å²) in [6.07, 6.45) is 1.54. The second kappa shape index (κ2) is 5.88. The highest BCUT2D eigenvalue weighted by atomic mass is 16.5. The predicted octanol–water partition coefficient (Wildman–Crippen LogP) is 2.41. The zero-order chi connectivity index (χ0) is 13.8. The maximum Gasteiger partial charge on any atom is 0.224 e. The van der Waals surface area contributed by atoms with Crippen molar-refractivity contribution in [2.75, 3.05) is 31.2 Å². The summed E-state index contributed by atoms with van der Waals surface area (Å²) in [6, 6.07) is 9.76. The number of aryl methyl sites for hydroxylation is 1. The van der Waals surface area contributed by atoms with E-state index in [1.165, 1.54) is 0 Å². The highest BCUT2D eigenvalue weighted by molar-refractivity contribution is 5.43. The summed E-state index contributed by atoms with van der Waals surface area (Å²) in [6.45, 7) is 5.18. The fourth-order valence-corrected chi connectivity index (χ4v) is 2.13. The van der Waals surface area contributed by atoms with E-state index in [4.69, 9.17) is 9.47 Å². The van der Waals surface area contributed by atoms with Crippen LogP contribution in [0.25, 0.3) is 0 Å². The summed E-state index contributed by atoms with van der Waals surface area (Å²) in [5.74, 6) is 2.27. The number of nitrogens with zero attached hydrogens (tertiary/aromatic N) is 3. The Labute approximate surface area is 118 Å². The first-order valence-corrected chi connectivity index (χ1v) is 6.71. The molecule has 20 heavy (non-hydrogen) atoms. The molecule has 1 aromatic carbocycles. The lowest BCUT2D eigenvalue weighted by atomic mass is 10.2. The molecule has 0 amide bonds. The molecule has 5 heteroatoms. The summed E-state index contributed by atoms with van der Waals surface area (Å²) >= 11 is 0. The smallest absolute Gasteiger partial charge is 0.224 e. The van der Waals surface area contributed by atoms with Gasteiger partial charge in [0.05, 0.1) is 13.2 Å². The molecule has 0 unspecified atom stereocenters. The first-order valence-electron chi connectivity index (χ1n) is 6.71. The van der Waals surface area contributed by atoms with E-state index >= 15 is 0 Å². The standard InChI is InChI=1S/C15H17N3O2/c1-12-4-2-3-5-13(12)20-15-10-14(16-11-17-15)18-6-8-19-9-7-18/h2-5,10-11H,6-9H2,1H3. The normalized spacial score (nSPS) is 15.2. The molecule has 1 saturated heterocycles. The van der Waals surface area contributed by atoms with Gasteiger partial charge in [0.1, 0.15) is 17.9 Å². The number of hydrogen-bond acceptors (Lipinski definition) is 5. The molecule has 2 aromatic rings. The molecule has 0 spiro atoms. The predicted molar refractivity (Wildman–Crippen MR) is 76.3 cm³/mol. The molecule has 3 rings (SSSR count). The van der Waals surface area contributed by atoms with Crippen LogP contribution in [-0.2, 0) is 4.74 Å². The van der Waals surface area contributed by atoms with Crippen molar-refractivity contribution in [2.45, 2.75) is 6.92 Å². The van der Waals surface area contributed by atoms with Gasteiger partial charge in [-0.2, -0.15) is 0 Å². The van der Waals surface area contributed by atoms with Gasteiger partial charge in [-0.15, -0.1) is 0 Å². The van der Waals surface area contributed by atoms with Crippen LogP contribution in [-0.4, -0.2) is 36.3 Å². The lowest BCUT2D eigenvalue weighted by molar-refractivity contribution is 0.122. The lowest BCUT2D eigenvalue weighted by Gasteiger charge is -2.27. The van der Waals surface area contributed by atoms with Crippen LogP contribution < -0.4 is 9.64 Å².